The van der Waals surface area contributed by atoms with Crippen LogP contribution in [0.25, 0.3) is 22.3 Å². The lowest BCUT2D eigenvalue weighted by Crippen LogP contribution is -2.36. The fourth-order valence-corrected chi connectivity index (χ4v) is 8.20. The summed E-state index contributed by atoms with van der Waals surface area (Å²) in [5, 5.41) is 6.30. The highest BCUT2D eigenvalue weighted by Crippen LogP contribution is 2.51. The van der Waals surface area contributed by atoms with E-state index < -0.39 is 77.4 Å². The van der Waals surface area contributed by atoms with E-state index in [4.69, 9.17) is 39.4 Å². The van der Waals surface area contributed by atoms with Crippen LogP contribution in [0.5, 0.6) is 0 Å². The molecule has 23 heteroatoms. The topological polar surface area (TPSA) is 204 Å². The van der Waals surface area contributed by atoms with E-state index in [-0.39, 0.29) is 11.3 Å². The number of alkyl halides is 2. The molecule has 0 amide bonds. The Hall–Kier alpha value is -3.10. The number of aromatic nitrogens is 8. The molecule has 4 aromatic rings. The molecule has 47 heavy (non-hydrogen) atoms. The van der Waals surface area contributed by atoms with Gasteiger partial charge in [0, 0.05) is 13.1 Å². The van der Waals surface area contributed by atoms with Gasteiger partial charge in [-0.15, -0.1) is 0 Å². The Bertz CT molecular complexity index is 1920. The number of ether oxygens (including phenoxy) is 2. The normalized spacial score (nSPS) is 37.0. The van der Waals surface area contributed by atoms with E-state index in [0.29, 0.717) is 35.8 Å². The molecule has 250 valence electrons. The molecule has 0 radical (unpaired) electrons. The molecule has 0 aliphatic carbocycles. The Morgan fingerprint density at radius 1 is 0.851 bits per heavy atom. The van der Waals surface area contributed by atoms with Crippen molar-refractivity contribution in [2.24, 2.45) is 0 Å². The van der Waals surface area contributed by atoms with E-state index in [0.717, 1.165) is 0 Å². The average Bonchev–Trinajstić information content (AvgIpc) is 3.81. The van der Waals surface area contributed by atoms with Crippen LogP contribution in [0.2, 0.25) is 0 Å². The molecule has 9 heterocycles. The van der Waals surface area contributed by atoms with Gasteiger partial charge in [0.1, 0.15) is 37.1 Å². The van der Waals surface area contributed by atoms with E-state index in [2.05, 4.69) is 40.5 Å². The molecular weight excluding hydrogens is 688 g/mol. The molecule has 14 bridgehead atoms. The van der Waals surface area contributed by atoms with Gasteiger partial charge >= 0.3 is 7.82 Å². The minimum atomic E-state index is -4.99. The highest BCUT2D eigenvalue weighted by molar-refractivity contribution is 8.00. The summed E-state index contributed by atoms with van der Waals surface area (Å²) < 4.78 is 82.1. The van der Waals surface area contributed by atoms with Gasteiger partial charge in [-0.1, -0.05) is 12.2 Å². The average molecular weight is 715 g/mol. The number of hydrogen-bond acceptors (Lipinski definition) is 16. The molecule has 4 aromatic heterocycles. The standard InChI is InChI=1S/C24H26F2N10O8P2S/c25-13-17-12-6-40-46(37,38)44-18-11(5-39-45(47)43-17)41-24(14(18)26)36-10-34-16-20(30-8-32-22(16)36)28-4-2-1-3-27-19-15-21(31-7-29-19)35(9-33-15)23(13)42-12/h1-2,7-14,17-18,23-24,45H,3-6H2,(H,37,38)(H,27,29,31)(H,28,30,32)/b2-1+/t11-,12?,13-,14-,17-,18-,23-,24-/m1/s1. The van der Waals surface area contributed by atoms with E-state index in [9.17, 15) is 9.46 Å². The summed E-state index contributed by atoms with van der Waals surface area (Å²) in [6.45, 7) is -0.356. The maximum atomic E-state index is 16.1. The first-order chi connectivity index (χ1) is 22.8. The second-order valence-electron chi connectivity index (χ2n) is 10.8. The number of rotatable bonds is 0. The van der Waals surface area contributed by atoms with Gasteiger partial charge in [0.05, 0.1) is 25.9 Å². The Morgan fingerprint density at radius 3 is 2.00 bits per heavy atom. The summed E-state index contributed by atoms with van der Waals surface area (Å²) in [7, 11) is -7.63. The lowest BCUT2D eigenvalue weighted by molar-refractivity contribution is -0.0581. The predicted octanol–water partition coefficient (Wildman–Crippen LogP) is 1.95. The minimum Gasteiger partial charge on any atom is -0.365 e. The van der Waals surface area contributed by atoms with E-state index in [1.165, 1.54) is 34.4 Å². The van der Waals surface area contributed by atoms with Crippen LogP contribution in [-0.2, 0) is 43.9 Å². The molecule has 5 aliphatic heterocycles. The summed E-state index contributed by atoms with van der Waals surface area (Å²) in [6.07, 6.45) is -3.19. The van der Waals surface area contributed by atoms with Crippen LogP contribution in [0.4, 0.5) is 20.4 Å². The van der Waals surface area contributed by atoms with Crippen LogP contribution in [0.1, 0.15) is 12.5 Å². The maximum absolute atomic E-state index is 16.1. The Kier molecular flexibility index (Phi) is 8.23. The summed E-state index contributed by atoms with van der Waals surface area (Å²) in [5.41, 5.74) is 1.17. The van der Waals surface area contributed by atoms with Gasteiger partial charge in [0.2, 0.25) is 0 Å². The van der Waals surface area contributed by atoms with Crippen molar-refractivity contribution >= 4 is 60.7 Å². The SMILES string of the molecule is O=P1(O)OCC2O[C@@H]3[C@H](F)[C@@H]2O[PH](=S)OC[C@H]2O[C@H]([C@H](F)[C@@H]2O1)n1cnc2c(ncnc21)NC/C=C/CNc1ncnc2c1ncn23. The first kappa shape index (κ1) is 31.2. The number of nitrogens with one attached hydrogen (secondary N) is 2. The summed E-state index contributed by atoms with van der Waals surface area (Å²) in [4.78, 5) is 36.5. The number of fused-ring (bicyclic) bond motifs is 10. The second kappa shape index (κ2) is 12.4. The van der Waals surface area contributed by atoms with Crippen molar-refractivity contribution in [3.63, 3.8) is 0 Å². The Morgan fingerprint density at radius 2 is 1.40 bits per heavy atom. The predicted molar refractivity (Wildman–Crippen MR) is 162 cm³/mol. The van der Waals surface area contributed by atoms with Crippen LogP contribution < -0.4 is 10.6 Å². The summed E-state index contributed by atoms with van der Waals surface area (Å²) >= 11 is 5.42. The molecular formula is C24H26F2N10O8P2S. The Labute approximate surface area is 269 Å². The monoisotopic (exact) mass is 714 g/mol. The van der Waals surface area contributed by atoms with Crippen molar-refractivity contribution < 1.29 is 45.8 Å². The van der Waals surface area contributed by atoms with E-state index >= 15 is 8.78 Å². The van der Waals surface area contributed by atoms with Crippen molar-refractivity contribution in [2.75, 3.05) is 36.9 Å². The lowest BCUT2D eigenvalue weighted by Gasteiger charge is -2.26. The summed E-state index contributed by atoms with van der Waals surface area (Å²) in [5.74, 6) is 0.779. The zero-order valence-corrected chi connectivity index (χ0v) is 26.6. The van der Waals surface area contributed by atoms with E-state index in [1.807, 2.05) is 12.2 Å². The van der Waals surface area contributed by atoms with Gasteiger partial charge in [-0.3, -0.25) is 18.2 Å². The maximum Gasteiger partial charge on any atom is 0.472 e. The van der Waals surface area contributed by atoms with Gasteiger partial charge in [-0.25, -0.2) is 43.2 Å². The van der Waals surface area contributed by atoms with Gasteiger partial charge < -0.3 is 34.0 Å². The van der Waals surface area contributed by atoms with Crippen molar-refractivity contribution in [3.8, 4) is 0 Å². The van der Waals surface area contributed by atoms with Crippen LogP contribution >= 0.6 is 15.0 Å². The molecule has 3 unspecified atom stereocenters. The molecule has 9 rings (SSSR count). The van der Waals surface area contributed by atoms with E-state index in [1.54, 1.807) is 0 Å². The van der Waals surface area contributed by atoms with Gasteiger partial charge in [0.25, 0.3) is 0 Å². The number of phosphoric acid groups is 1. The molecule has 0 saturated carbocycles. The van der Waals surface area contributed by atoms with Crippen LogP contribution in [0.15, 0.2) is 37.5 Å². The zero-order chi connectivity index (χ0) is 32.3. The molecule has 3 saturated heterocycles. The third kappa shape index (κ3) is 5.73. The largest absolute Gasteiger partial charge is 0.472 e. The van der Waals surface area contributed by atoms with Crippen LogP contribution in [0.3, 0.4) is 0 Å². The molecule has 5 aliphatic rings. The number of anilines is 2. The Balaban J connectivity index is 1.20. The number of phosphoric ester groups is 1. The number of hydrogen-bond donors (Lipinski definition) is 3. The fourth-order valence-electron chi connectivity index (χ4n) is 5.83. The number of imidazole rings is 2. The summed E-state index contributed by atoms with van der Waals surface area (Å²) in [6, 6.07) is 0. The first-order valence-electron chi connectivity index (χ1n) is 14.3. The molecule has 3 N–H and O–H groups in total. The first-order valence-corrected chi connectivity index (χ1v) is 18.3. The quantitative estimate of drug-likeness (QED) is 0.176. The third-order valence-corrected chi connectivity index (χ3v) is 10.5. The zero-order valence-electron chi connectivity index (χ0n) is 23.9. The second-order valence-corrected chi connectivity index (χ2v) is 14.3. The number of nitrogens with zero attached hydrogens (tertiary/aromatic N) is 8. The smallest absolute Gasteiger partial charge is 0.365 e. The van der Waals surface area contributed by atoms with Gasteiger partial charge in [-0.05, 0) is 11.8 Å². The molecule has 18 nitrogen and oxygen atoms in total. The van der Waals surface area contributed by atoms with Crippen LogP contribution in [-0.4, -0.2) is 107 Å². The van der Waals surface area contributed by atoms with Crippen molar-refractivity contribution in [2.45, 2.75) is 49.2 Å². The highest BCUT2D eigenvalue weighted by atomic mass is 32.4. The van der Waals surface area contributed by atoms with Crippen molar-refractivity contribution in [3.05, 3.63) is 37.5 Å². The van der Waals surface area contributed by atoms with Gasteiger partial charge in [0.15, 0.2) is 65.9 Å². The van der Waals surface area contributed by atoms with Crippen LogP contribution in [0, 0.1) is 0 Å². The fraction of sp³-hybridized carbons (Fsp3) is 0.500. The number of halogens is 2. The minimum absolute atomic E-state index is 0.231. The molecule has 3 fully saturated rings. The molecule has 10 atom stereocenters. The van der Waals surface area contributed by atoms with Crippen molar-refractivity contribution in [1.82, 2.24) is 39.0 Å². The third-order valence-electron chi connectivity index (χ3n) is 8.00. The lowest BCUT2D eigenvalue weighted by atomic mass is 10.1. The molecule has 0 aromatic carbocycles. The van der Waals surface area contributed by atoms with Gasteiger partial charge in [-0.2, -0.15) is 0 Å². The highest BCUT2D eigenvalue weighted by Gasteiger charge is 2.53. The van der Waals surface area contributed by atoms with Crippen molar-refractivity contribution in [1.29, 1.82) is 0 Å². The molecule has 0 spiro atoms.